The van der Waals surface area contributed by atoms with E-state index in [0.29, 0.717) is 0 Å². The van der Waals surface area contributed by atoms with E-state index in [9.17, 15) is 0 Å². The first kappa shape index (κ1) is 62.2. The molecule has 10 rings (SSSR count). The number of aromatic nitrogens is 10. The zero-order chi connectivity index (χ0) is 52.8. The summed E-state index contributed by atoms with van der Waals surface area (Å²) < 4.78 is 32.5. The van der Waals surface area contributed by atoms with Gasteiger partial charge in [-0.15, -0.1) is 34.0 Å². The molecule has 15 nitrogen and oxygen atoms in total. The second-order valence-electron chi connectivity index (χ2n) is 15.2. The molecular formula is C50H70N10O5S5. The molecule has 10 aromatic heterocycles. The van der Waals surface area contributed by atoms with Crippen LogP contribution in [0.3, 0.4) is 0 Å². The number of hydrogen-bond acceptors (Lipinski definition) is 20. The maximum atomic E-state index is 4.97. The average molecular weight is 1050 g/mol. The highest BCUT2D eigenvalue weighted by Crippen LogP contribution is 2.10. The Morgan fingerprint density at radius 2 is 0.800 bits per heavy atom. The van der Waals surface area contributed by atoms with Crippen LogP contribution in [0.15, 0.2) is 83.1 Å². The predicted molar refractivity (Wildman–Crippen MR) is 288 cm³/mol. The fourth-order valence-electron chi connectivity index (χ4n) is 4.76. The molecule has 0 unspecified atom stereocenters. The molecule has 0 bridgehead atoms. The van der Waals surface area contributed by atoms with Crippen LogP contribution in [0.5, 0.6) is 0 Å². The van der Waals surface area contributed by atoms with Crippen LogP contribution in [0.4, 0.5) is 0 Å². The second kappa shape index (κ2) is 34.5. The van der Waals surface area contributed by atoms with Gasteiger partial charge in [-0.25, -0.2) is 34.9 Å². The Balaban J connectivity index is 0.000000389. The summed E-state index contributed by atoms with van der Waals surface area (Å²) >= 11 is 8.27. The third kappa shape index (κ3) is 32.9. The van der Waals surface area contributed by atoms with Crippen LogP contribution in [0.2, 0.25) is 0 Å². The number of nitrogens with zero attached hydrogens (tertiary/aromatic N) is 10. The molecule has 0 atom stereocenters. The molecule has 70 heavy (non-hydrogen) atoms. The SMILES string of the molecule is Cc1cc(C)on1.Cc1cc(C)sn1.Cc1cc(C)sn1.Cc1cnc(C)o1.Cc1cnc(C)o1.Cc1cnc(C)s1.Cc1cnc(C)s1.Cc1coc(C)n1.Cc1coc(C)n1.Cc1csc(C)n1. The van der Waals surface area contributed by atoms with Gasteiger partial charge in [0, 0.05) is 76.7 Å². The molecule has 0 aliphatic rings. The molecule has 0 spiro atoms. The highest BCUT2D eigenvalue weighted by molar-refractivity contribution is 7.11. The minimum Gasteiger partial charge on any atom is -0.449 e. The molecule has 0 fully saturated rings. The fourth-order valence-corrected chi connectivity index (χ4v) is 7.83. The van der Waals surface area contributed by atoms with Gasteiger partial charge in [0.25, 0.3) is 0 Å². The van der Waals surface area contributed by atoms with E-state index in [2.05, 4.69) is 94.0 Å². The van der Waals surface area contributed by atoms with E-state index >= 15 is 0 Å². The molecular weight excluding hydrogens is 981 g/mol. The van der Waals surface area contributed by atoms with Gasteiger partial charge in [-0.3, -0.25) is 0 Å². The predicted octanol–water partition coefficient (Wildman–Crippen LogP) is 15.3. The summed E-state index contributed by atoms with van der Waals surface area (Å²) in [6.45, 7) is 38.9. The summed E-state index contributed by atoms with van der Waals surface area (Å²) in [5.74, 6) is 5.55. The summed E-state index contributed by atoms with van der Waals surface area (Å²) in [5.41, 5.74) is 6.21. The van der Waals surface area contributed by atoms with Crippen LogP contribution in [0.25, 0.3) is 0 Å². The van der Waals surface area contributed by atoms with E-state index in [-0.39, 0.29) is 0 Å². The van der Waals surface area contributed by atoms with Crippen molar-refractivity contribution in [1.29, 1.82) is 0 Å². The Kier molecular flexibility index (Phi) is 30.7. The third-order valence-electron chi connectivity index (χ3n) is 7.39. The van der Waals surface area contributed by atoms with Crippen molar-refractivity contribution in [2.45, 2.75) is 138 Å². The first-order valence-electron chi connectivity index (χ1n) is 21.8. The van der Waals surface area contributed by atoms with Gasteiger partial charge in [-0.1, -0.05) is 5.16 Å². The van der Waals surface area contributed by atoms with Gasteiger partial charge < -0.3 is 22.2 Å². The lowest BCUT2D eigenvalue weighted by Crippen LogP contribution is -1.67. The third-order valence-corrected chi connectivity index (χ3v) is 11.5. The van der Waals surface area contributed by atoms with Crippen molar-refractivity contribution in [2.24, 2.45) is 0 Å². The molecule has 0 aromatic carbocycles. The van der Waals surface area contributed by atoms with Gasteiger partial charge in [0.1, 0.15) is 29.8 Å². The zero-order valence-electron chi connectivity index (χ0n) is 44.3. The average Bonchev–Trinajstić information content (AvgIpc) is 4.14. The van der Waals surface area contributed by atoms with E-state index < -0.39 is 0 Å². The fraction of sp³-hybridized carbons (Fsp3) is 0.400. The Labute approximate surface area is 434 Å². The number of thiazole rings is 3. The number of oxazole rings is 4. The van der Waals surface area contributed by atoms with E-state index in [1.807, 2.05) is 129 Å². The van der Waals surface area contributed by atoms with E-state index in [1.54, 1.807) is 82.0 Å². The lowest BCUT2D eigenvalue weighted by atomic mass is 10.4. The molecule has 20 heteroatoms. The van der Waals surface area contributed by atoms with Crippen LogP contribution < -0.4 is 0 Å². The largest absolute Gasteiger partial charge is 0.449 e. The van der Waals surface area contributed by atoms with E-state index in [0.717, 1.165) is 90.0 Å². The molecule has 0 saturated heterocycles. The van der Waals surface area contributed by atoms with Crippen LogP contribution in [-0.4, -0.2) is 48.8 Å². The highest BCUT2D eigenvalue weighted by atomic mass is 32.1. The summed E-state index contributed by atoms with van der Waals surface area (Å²) in [6.07, 6.45) is 10.5. The first-order valence-corrected chi connectivity index (χ1v) is 25.9. The summed E-state index contributed by atoms with van der Waals surface area (Å²) in [7, 11) is 0. The molecule has 0 aliphatic heterocycles. The van der Waals surface area contributed by atoms with Crippen molar-refractivity contribution in [3.63, 3.8) is 0 Å². The number of hydrogen-bond donors (Lipinski definition) is 0. The minimum atomic E-state index is 0.734. The van der Waals surface area contributed by atoms with Crippen LogP contribution >= 0.6 is 57.1 Å². The van der Waals surface area contributed by atoms with Gasteiger partial charge in [0.05, 0.1) is 55.9 Å². The lowest BCUT2D eigenvalue weighted by molar-refractivity contribution is 0.393. The molecule has 0 aliphatic carbocycles. The van der Waals surface area contributed by atoms with E-state index in [1.165, 1.54) is 19.5 Å². The minimum absolute atomic E-state index is 0.734. The monoisotopic (exact) mass is 1050 g/mol. The van der Waals surface area contributed by atoms with Gasteiger partial charge in [-0.2, -0.15) is 8.75 Å². The number of aryl methyl sites for hydroxylation is 20. The van der Waals surface area contributed by atoms with Gasteiger partial charge in [-0.05, 0) is 146 Å². The molecule has 380 valence electrons. The Morgan fingerprint density at radius 1 is 0.371 bits per heavy atom. The van der Waals surface area contributed by atoms with Crippen molar-refractivity contribution in [3.8, 4) is 0 Å². The molecule has 0 amide bonds. The molecule has 10 aromatic rings. The zero-order valence-corrected chi connectivity index (χ0v) is 48.4. The van der Waals surface area contributed by atoms with Gasteiger partial charge in [0.2, 0.25) is 0 Å². The first-order chi connectivity index (χ1) is 32.9. The highest BCUT2D eigenvalue weighted by Gasteiger charge is 1.92. The molecule has 0 saturated carbocycles. The Bertz CT molecular complexity index is 2050. The maximum absolute atomic E-state index is 4.97. The normalized spacial score (nSPS) is 9.43. The lowest BCUT2D eigenvalue weighted by Gasteiger charge is -1.73. The van der Waals surface area contributed by atoms with Crippen molar-refractivity contribution in [1.82, 2.24) is 48.8 Å². The second-order valence-corrected chi connectivity index (χ2v) is 21.2. The summed E-state index contributed by atoms with van der Waals surface area (Å²) in [5, 5.41) is 9.14. The van der Waals surface area contributed by atoms with Crippen molar-refractivity contribution in [2.75, 3.05) is 0 Å². The quantitative estimate of drug-likeness (QED) is 0.139. The van der Waals surface area contributed by atoms with Crippen molar-refractivity contribution in [3.05, 3.63) is 170 Å². The number of rotatable bonds is 0. The standard InChI is InChI=1S/5C5H7NO.5C5H7NS/c2*1-4-3-7-5(2)6-4;2*1-4-3-6-5(2)7-4;1-4-3-5(2)7-6-4;1-4-3-7-5(2)6-4;2*1-4-3-6-5(2)7-4;2*1-4-3-5(2)7-6-4/h10*3H,1-2H3. The summed E-state index contributed by atoms with van der Waals surface area (Å²) in [6, 6.07) is 6.04. The molecule has 10 heterocycles. The Morgan fingerprint density at radius 3 is 0.886 bits per heavy atom. The van der Waals surface area contributed by atoms with Crippen LogP contribution in [0.1, 0.15) is 110 Å². The van der Waals surface area contributed by atoms with Crippen LogP contribution in [0, 0.1) is 138 Å². The van der Waals surface area contributed by atoms with Crippen LogP contribution in [-0.2, 0) is 0 Å². The van der Waals surface area contributed by atoms with E-state index in [4.69, 9.17) is 22.2 Å². The topological polar surface area (TPSA) is 195 Å². The van der Waals surface area contributed by atoms with Gasteiger partial charge >= 0.3 is 0 Å². The smallest absolute Gasteiger partial charge is 0.191 e. The maximum Gasteiger partial charge on any atom is 0.191 e. The molecule has 0 N–H and O–H groups in total. The van der Waals surface area contributed by atoms with Gasteiger partial charge in [0.15, 0.2) is 23.6 Å². The van der Waals surface area contributed by atoms with Crippen molar-refractivity contribution < 1.29 is 22.2 Å². The Hall–Kier alpha value is -5.80. The molecule has 0 radical (unpaired) electrons. The summed E-state index contributed by atoms with van der Waals surface area (Å²) in [4.78, 5) is 32.9. The van der Waals surface area contributed by atoms with Crippen molar-refractivity contribution >= 4 is 57.1 Å².